The molecular formula is C8H16ClN3O. The summed E-state index contributed by atoms with van der Waals surface area (Å²) in [5.74, 6) is 0. The first kappa shape index (κ1) is 12.2. The first-order chi connectivity index (χ1) is 5.83. The fourth-order valence-electron chi connectivity index (χ4n) is 0.735. The van der Waals surface area contributed by atoms with E-state index in [1.807, 2.05) is 6.92 Å². The molecule has 0 aromatic carbocycles. The lowest BCUT2D eigenvalue weighted by Crippen LogP contribution is -2.29. The van der Waals surface area contributed by atoms with Gasteiger partial charge in [-0.05, 0) is 13.3 Å². The Morgan fingerprint density at radius 1 is 1.77 bits per heavy atom. The molecule has 76 valence electrons. The van der Waals surface area contributed by atoms with Crippen molar-refractivity contribution in [3.05, 3.63) is 0 Å². The minimum absolute atomic E-state index is 0. The van der Waals surface area contributed by atoms with Crippen molar-refractivity contribution in [2.24, 2.45) is 10.1 Å². The fraction of sp³-hybridized carbons (Fsp3) is 0.750. The van der Waals surface area contributed by atoms with E-state index in [1.54, 1.807) is 6.34 Å². The SMILES string of the molecule is CCC(C)ON=C1CN=CNC1.Cl. The molecule has 5 heteroatoms. The third-order valence-corrected chi connectivity index (χ3v) is 1.70. The van der Waals surface area contributed by atoms with Gasteiger partial charge in [-0.15, -0.1) is 12.4 Å². The van der Waals surface area contributed by atoms with Crippen molar-refractivity contribution in [1.29, 1.82) is 0 Å². The summed E-state index contributed by atoms with van der Waals surface area (Å²) < 4.78 is 0. The van der Waals surface area contributed by atoms with Crippen molar-refractivity contribution in [2.75, 3.05) is 13.1 Å². The Hall–Kier alpha value is -0.770. The molecule has 0 saturated carbocycles. The second-order valence-electron chi connectivity index (χ2n) is 2.83. The van der Waals surface area contributed by atoms with Gasteiger partial charge in [-0.25, -0.2) is 0 Å². The molecule has 1 rings (SSSR count). The molecule has 0 amide bonds. The highest BCUT2D eigenvalue weighted by atomic mass is 35.5. The Morgan fingerprint density at radius 3 is 3.08 bits per heavy atom. The predicted molar refractivity (Wildman–Crippen MR) is 56.9 cm³/mol. The van der Waals surface area contributed by atoms with Crippen LogP contribution in [0.15, 0.2) is 10.1 Å². The Morgan fingerprint density at radius 2 is 2.54 bits per heavy atom. The van der Waals surface area contributed by atoms with E-state index in [0.717, 1.165) is 18.7 Å². The van der Waals surface area contributed by atoms with Gasteiger partial charge in [0.2, 0.25) is 0 Å². The maximum Gasteiger partial charge on any atom is 0.124 e. The summed E-state index contributed by atoms with van der Waals surface area (Å²) in [5.41, 5.74) is 0.956. The Kier molecular flexibility index (Phi) is 6.32. The maximum atomic E-state index is 5.20. The third kappa shape index (κ3) is 4.72. The van der Waals surface area contributed by atoms with Crippen LogP contribution in [0, 0.1) is 0 Å². The molecule has 0 aromatic heterocycles. The second kappa shape index (κ2) is 6.71. The average molecular weight is 206 g/mol. The van der Waals surface area contributed by atoms with Crippen LogP contribution in [-0.4, -0.2) is 31.2 Å². The number of oxime groups is 1. The van der Waals surface area contributed by atoms with Gasteiger partial charge in [0.1, 0.15) is 6.10 Å². The number of hydrogen-bond acceptors (Lipinski definition) is 4. The maximum absolute atomic E-state index is 5.20. The average Bonchev–Trinajstić information content (AvgIpc) is 2.16. The Balaban J connectivity index is 0.00000144. The molecule has 4 nitrogen and oxygen atoms in total. The van der Waals surface area contributed by atoms with E-state index < -0.39 is 0 Å². The van der Waals surface area contributed by atoms with Gasteiger partial charge in [-0.3, -0.25) is 4.99 Å². The van der Waals surface area contributed by atoms with Crippen LogP contribution in [0.1, 0.15) is 20.3 Å². The van der Waals surface area contributed by atoms with Crippen LogP contribution in [-0.2, 0) is 4.84 Å². The van der Waals surface area contributed by atoms with E-state index in [0.29, 0.717) is 6.54 Å². The van der Waals surface area contributed by atoms with Gasteiger partial charge >= 0.3 is 0 Å². The topological polar surface area (TPSA) is 46.0 Å². The quantitative estimate of drug-likeness (QED) is 0.705. The van der Waals surface area contributed by atoms with Crippen LogP contribution in [0.5, 0.6) is 0 Å². The number of halogens is 1. The minimum atomic E-state index is 0. The van der Waals surface area contributed by atoms with Crippen molar-refractivity contribution in [3.63, 3.8) is 0 Å². The minimum Gasteiger partial charge on any atom is -0.393 e. The monoisotopic (exact) mass is 205 g/mol. The van der Waals surface area contributed by atoms with E-state index in [1.165, 1.54) is 0 Å². The Bertz CT molecular complexity index is 194. The zero-order valence-electron chi connectivity index (χ0n) is 7.99. The van der Waals surface area contributed by atoms with Crippen LogP contribution in [0.25, 0.3) is 0 Å². The molecule has 1 atom stereocenters. The van der Waals surface area contributed by atoms with E-state index >= 15 is 0 Å². The molecule has 0 saturated heterocycles. The van der Waals surface area contributed by atoms with Crippen LogP contribution >= 0.6 is 12.4 Å². The molecule has 1 unspecified atom stereocenters. The standard InChI is InChI=1S/C8H15N3O.ClH/c1-3-7(2)12-11-8-4-9-6-10-5-8;/h6-7H,3-5H2,1-2H3,(H,9,10);1H. The summed E-state index contributed by atoms with van der Waals surface area (Å²) in [6.07, 6.45) is 2.87. The van der Waals surface area contributed by atoms with Crippen molar-refractivity contribution in [2.45, 2.75) is 26.4 Å². The van der Waals surface area contributed by atoms with Crippen molar-refractivity contribution < 1.29 is 4.84 Å². The molecule has 0 bridgehead atoms. The van der Waals surface area contributed by atoms with Gasteiger partial charge in [-0.2, -0.15) is 0 Å². The lowest BCUT2D eigenvalue weighted by molar-refractivity contribution is 0.0693. The smallest absolute Gasteiger partial charge is 0.124 e. The molecule has 1 N–H and O–H groups in total. The number of aliphatic imine (C=N–C) groups is 1. The summed E-state index contributed by atoms with van der Waals surface area (Å²) in [6, 6.07) is 0. The second-order valence-corrected chi connectivity index (χ2v) is 2.83. The van der Waals surface area contributed by atoms with Crippen molar-refractivity contribution in [3.8, 4) is 0 Å². The van der Waals surface area contributed by atoms with Crippen LogP contribution in [0.2, 0.25) is 0 Å². The molecule has 0 aliphatic carbocycles. The fourth-order valence-corrected chi connectivity index (χ4v) is 0.735. The normalized spacial score (nSPS) is 20.3. The molecule has 0 radical (unpaired) electrons. The Labute approximate surface area is 84.8 Å². The highest BCUT2D eigenvalue weighted by Crippen LogP contribution is 1.97. The van der Waals surface area contributed by atoms with Gasteiger partial charge in [0.25, 0.3) is 0 Å². The zero-order valence-corrected chi connectivity index (χ0v) is 8.80. The van der Waals surface area contributed by atoms with Gasteiger partial charge in [-0.1, -0.05) is 12.1 Å². The molecular weight excluding hydrogens is 190 g/mol. The molecule has 0 fully saturated rings. The van der Waals surface area contributed by atoms with E-state index in [2.05, 4.69) is 22.4 Å². The molecule has 1 aliphatic heterocycles. The lowest BCUT2D eigenvalue weighted by Gasteiger charge is -2.10. The summed E-state index contributed by atoms with van der Waals surface area (Å²) in [6.45, 7) is 5.48. The van der Waals surface area contributed by atoms with Gasteiger partial charge in [0.05, 0.1) is 25.1 Å². The van der Waals surface area contributed by atoms with Crippen LogP contribution in [0.3, 0.4) is 0 Å². The van der Waals surface area contributed by atoms with E-state index in [9.17, 15) is 0 Å². The molecule has 1 heterocycles. The van der Waals surface area contributed by atoms with Crippen molar-refractivity contribution >= 4 is 24.5 Å². The number of nitrogens with zero attached hydrogens (tertiary/aromatic N) is 2. The lowest BCUT2D eigenvalue weighted by atomic mass is 10.3. The van der Waals surface area contributed by atoms with E-state index in [4.69, 9.17) is 4.84 Å². The summed E-state index contributed by atoms with van der Waals surface area (Å²) >= 11 is 0. The summed E-state index contributed by atoms with van der Waals surface area (Å²) in [7, 11) is 0. The molecule has 1 aliphatic rings. The number of rotatable bonds is 3. The highest BCUT2D eigenvalue weighted by molar-refractivity contribution is 5.92. The molecule has 13 heavy (non-hydrogen) atoms. The first-order valence-electron chi connectivity index (χ1n) is 4.26. The number of nitrogens with one attached hydrogen (secondary N) is 1. The van der Waals surface area contributed by atoms with Crippen LogP contribution in [0.4, 0.5) is 0 Å². The summed E-state index contributed by atoms with van der Waals surface area (Å²) in [5, 5.41) is 6.97. The van der Waals surface area contributed by atoms with E-state index in [-0.39, 0.29) is 18.5 Å². The largest absolute Gasteiger partial charge is 0.393 e. The van der Waals surface area contributed by atoms with Crippen molar-refractivity contribution in [1.82, 2.24) is 5.32 Å². The third-order valence-electron chi connectivity index (χ3n) is 1.70. The highest BCUT2D eigenvalue weighted by Gasteiger charge is 2.03. The first-order valence-corrected chi connectivity index (χ1v) is 4.26. The molecule has 0 spiro atoms. The van der Waals surface area contributed by atoms with Gasteiger partial charge in [0, 0.05) is 0 Å². The number of hydrogen-bond donors (Lipinski definition) is 1. The molecule has 0 aromatic rings. The van der Waals surface area contributed by atoms with Gasteiger partial charge < -0.3 is 10.2 Å². The van der Waals surface area contributed by atoms with Gasteiger partial charge in [0.15, 0.2) is 0 Å². The zero-order chi connectivity index (χ0) is 8.81. The summed E-state index contributed by atoms with van der Waals surface area (Å²) in [4.78, 5) is 9.22. The van der Waals surface area contributed by atoms with Crippen LogP contribution < -0.4 is 5.32 Å². The predicted octanol–water partition coefficient (Wildman–Crippen LogP) is 1.21.